The van der Waals surface area contributed by atoms with E-state index in [9.17, 15) is 23.5 Å². The number of hydrogen-bond acceptors (Lipinski definition) is 6. The van der Waals surface area contributed by atoms with E-state index in [1.54, 1.807) is 30.0 Å². The van der Waals surface area contributed by atoms with E-state index in [0.717, 1.165) is 0 Å². The molecule has 0 atom stereocenters. The number of nitrogens with zero attached hydrogens (tertiary/aromatic N) is 6. The number of fused-ring (bicyclic) bond motifs is 1. The summed E-state index contributed by atoms with van der Waals surface area (Å²) >= 11 is 5.88. The van der Waals surface area contributed by atoms with Crippen LogP contribution in [0.15, 0.2) is 46.4 Å². The summed E-state index contributed by atoms with van der Waals surface area (Å²) in [6.07, 6.45) is 2.10. The molecule has 1 saturated heterocycles. The lowest BCUT2D eigenvalue weighted by Gasteiger charge is -2.38. The summed E-state index contributed by atoms with van der Waals surface area (Å²) in [5.74, 6) is -0.389. The summed E-state index contributed by atoms with van der Waals surface area (Å²) in [6.45, 7) is 5.58. The Kier molecular flexibility index (Phi) is 5.62. The highest BCUT2D eigenvalue weighted by Gasteiger charge is 2.32. The van der Waals surface area contributed by atoms with Crippen molar-refractivity contribution < 1.29 is 18.3 Å². The van der Waals surface area contributed by atoms with Crippen molar-refractivity contribution in [3.8, 4) is 6.07 Å². The Morgan fingerprint density at radius 2 is 2.12 bits per heavy atom. The first-order valence-corrected chi connectivity index (χ1v) is 9.83. The van der Waals surface area contributed by atoms with Crippen LogP contribution in [0.1, 0.15) is 28.9 Å². The fourth-order valence-electron chi connectivity index (χ4n) is 3.58. The first-order valence-electron chi connectivity index (χ1n) is 9.45. The number of β-amino-alcohol motifs (C(OH)–C–C–N with tert-alkyl or cyclic N) is 1. The van der Waals surface area contributed by atoms with Crippen LogP contribution in [0, 0.1) is 18.3 Å². The van der Waals surface area contributed by atoms with E-state index in [2.05, 4.69) is 21.7 Å². The fraction of sp³-hybridized carbons (Fsp3) is 0.238. The molecule has 2 aromatic heterocycles. The van der Waals surface area contributed by atoms with Gasteiger partial charge in [-0.3, -0.25) is 4.99 Å². The predicted molar refractivity (Wildman–Crippen MR) is 114 cm³/mol. The predicted octanol–water partition coefficient (Wildman–Crippen LogP) is 3.99. The Balaban J connectivity index is 2.01. The molecule has 0 aromatic carbocycles. The molecule has 0 amide bonds. The van der Waals surface area contributed by atoms with Gasteiger partial charge in [-0.25, -0.2) is 18.2 Å². The summed E-state index contributed by atoms with van der Waals surface area (Å²) < 4.78 is 42.8. The number of halogens is 4. The zero-order valence-electron chi connectivity index (χ0n) is 16.7. The number of hydrogen-bond donors (Lipinski definition) is 1. The number of rotatable bonds is 4. The molecule has 0 bridgehead atoms. The van der Waals surface area contributed by atoms with E-state index < -0.39 is 24.1 Å². The van der Waals surface area contributed by atoms with E-state index >= 15 is 0 Å². The van der Waals surface area contributed by atoms with Gasteiger partial charge in [-0.05, 0) is 19.1 Å². The van der Waals surface area contributed by atoms with Gasteiger partial charge < -0.3 is 10.0 Å². The highest BCUT2D eigenvalue weighted by atomic mass is 35.5. The van der Waals surface area contributed by atoms with E-state index in [1.807, 2.05) is 0 Å². The first-order chi connectivity index (χ1) is 15.3. The third kappa shape index (κ3) is 3.49. The quantitative estimate of drug-likeness (QED) is 0.745. The molecule has 11 heteroatoms. The maximum atomic E-state index is 14.6. The maximum absolute atomic E-state index is 14.6. The Bertz CT molecular complexity index is 1300. The van der Waals surface area contributed by atoms with Gasteiger partial charge in [-0.2, -0.15) is 14.9 Å². The number of anilines is 1. The molecule has 4 rings (SSSR count). The molecular formula is C21H16ClF3N6O. The number of aryl methyl sites for hydroxylation is 1. The topological polar surface area (TPSA) is 89.8 Å². The highest BCUT2D eigenvalue weighted by molar-refractivity contribution is 6.36. The summed E-state index contributed by atoms with van der Waals surface area (Å²) in [6, 6.07) is 1.75. The van der Waals surface area contributed by atoms with Crippen molar-refractivity contribution in [3.63, 3.8) is 0 Å². The Labute approximate surface area is 185 Å². The van der Waals surface area contributed by atoms with Gasteiger partial charge in [0.15, 0.2) is 11.5 Å². The van der Waals surface area contributed by atoms with Gasteiger partial charge >= 0.3 is 0 Å². The number of nitriles is 1. The lowest BCUT2D eigenvalue weighted by Crippen LogP contribution is -2.52. The molecule has 1 aliphatic carbocycles. The van der Waals surface area contributed by atoms with Crippen LogP contribution in [-0.2, 0) is 0 Å². The number of aromatic nitrogens is 3. The Morgan fingerprint density at radius 1 is 1.41 bits per heavy atom. The molecule has 32 heavy (non-hydrogen) atoms. The Morgan fingerprint density at radius 3 is 2.72 bits per heavy atom. The summed E-state index contributed by atoms with van der Waals surface area (Å²) in [7, 11) is 0. The third-order valence-corrected chi connectivity index (χ3v) is 5.39. The van der Waals surface area contributed by atoms with E-state index in [1.165, 1.54) is 16.8 Å². The number of aliphatic hydroxyl groups is 1. The fourth-order valence-corrected chi connectivity index (χ4v) is 3.73. The average Bonchev–Trinajstić information content (AvgIpc) is 3.10. The van der Waals surface area contributed by atoms with Gasteiger partial charge in [-0.15, -0.1) is 0 Å². The molecule has 0 spiro atoms. The lowest BCUT2D eigenvalue weighted by atomic mass is 9.99. The van der Waals surface area contributed by atoms with Crippen molar-refractivity contribution in [2.75, 3.05) is 18.0 Å². The second-order valence-corrected chi connectivity index (χ2v) is 7.56. The van der Waals surface area contributed by atoms with Crippen LogP contribution < -0.4 is 4.90 Å². The molecule has 2 aromatic rings. The van der Waals surface area contributed by atoms with E-state index in [-0.39, 0.29) is 35.0 Å². The second kappa shape index (κ2) is 8.26. The molecule has 7 nitrogen and oxygen atoms in total. The minimum absolute atomic E-state index is 0.0212. The van der Waals surface area contributed by atoms with Gasteiger partial charge in [0, 0.05) is 30.4 Å². The number of aliphatic hydroxyl groups excluding tert-OH is 1. The number of aliphatic imine (C=N–C) groups is 1. The zero-order valence-corrected chi connectivity index (χ0v) is 17.5. The monoisotopic (exact) mass is 460 g/mol. The van der Waals surface area contributed by atoms with Crippen molar-refractivity contribution >= 4 is 34.9 Å². The summed E-state index contributed by atoms with van der Waals surface area (Å²) in [4.78, 5) is 10.0. The van der Waals surface area contributed by atoms with Crippen molar-refractivity contribution in [2.24, 2.45) is 4.99 Å². The maximum Gasteiger partial charge on any atom is 0.283 e. The van der Waals surface area contributed by atoms with Gasteiger partial charge in [0.25, 0.3) is 6.43 Å². The van der Waals surface area contributed by atoms with Gasteiger partial charge in [0.2, 0.25) is 0 Å². The molecule has 2 aliphatic rings. The number of allylic oxidation sites excluding steroid dienone is 5. The van der Waals surface area contributed by atoms with Crippen molar-refractivity contribution in [3.05, 3.63) is 63.9 Å². The van der Waals surface area contributed by atoms with Gasteiger partial charge in [-0.1, -0.05) is 24.3 Å². The van der Waals surface area contributed by atoms with Crippen LogP contribution in [0.3, 0.4) is 0 Å². The van der Waals surface area contributed by atoms with Gasteiger partial charge in [0.1, 0.15) is 28.9 Å². The van der Waals surface area contributed by atoms with Crippen LogP contribution in [0.25, 0.3) is 11.7 Å². The smallest absolute Gasteiger partial charge is 0.283 e. The molecule has 0 unspecified atom stereocenters. The number of alkyl halides is 2. The zero-order chi connectivity index (χ0) is 23.2. The molecule has 0 saturated carbocycles. The van der Waals surface area contributed by atoms with Crippen LogP contribution in [0.5, 0.6) is 0 Å². The molecule has 1 N–H and O–H groups in total. The summed E-state index contributed by atoms with van der Waals surface area (Å²) in [5, 5.41) is 23.1. The minimum atomic E-state index is -2.97. The second-order valence-electron chi connectivity index (χ2n) is 7.16. The van der Waals surface area contributed by atoms with Crippen molar-refractivity contribution in [1.29, 1.82) is 5.26 Å². The van der Waals surface area contributed by atoms with Crippen molar-refractivity contribution in [1.82, 2.24) is 14.6 Å². The molecule has 1 fully saturated rings. The van der Waals surface area contributed by atoms with Crippen LogP contribution >= 0.6 is 11.6 Å². The van der Waals surface area contributed by atoms with Gasteiger partial charge in [0.05, 0.1) is 16.8 Å². The van der Waals surface area contributed by atoms with Crippen molar-refractivity contribution in [2.45, 2.75) is 19.5 Å². The summed E-state index contributed by atoms with van der Waals surface area (Å²) in [5.41, 5.74) is 0.112. The molecule has 164 valence electrons. The molecule has 1 aliphatic heterocycles. The molecule has 0 radical (unpaired) electrons. The van der Waals surface area contributed by atoms with Crippen LogP contribution in [-0.4, -0.2) is 44.6 Å². The molecule has 3 heterocycles. The minimum Gasteiger partial charge on any atom is -0.389 e. The largest absolute Gasteiger partial charge is 0.389 e. The lowest BCUT2D eigenvalue weighted by molar-refractivity contribution is 0.139. The van der Waals surface area contributed by atoms with E-state index in [0.29, 0.717) is 22.6 Å². The van der Waals surface area contributed by atoms with Crippen LogP contribution in [0.2, 0.25) is 0 Å². The third-order valence-electron chi connectivity index (χ3n) is 5.09. The standard InChI is InChI=1S/C21H16ClF3N6O/c1-3-27-17-11(4-5-15(22)16(17)23)6-13-10(2)28-20-14(7-26)18(19(24)25)29-31(20)21(13)30-8-12(32)9-30/h3-6,12,19,32H,1,8-9H2,2H3/b11-6+,27-17?. The van der Waals surface area contributed by atoms with E-state index in [4.69, 9.17) is 11.6 Å². The first kappa shape index (κ1) is 21.8. The Hall–Kier alpha value is -3.42. The average molecular weight is 461 g/mol. The normalized spacial score (nSPS) is 19.4. The SMILES string of the molecule is C=CN=C1C(F)=C(Cl)C=C/C1=C\c1c(C)nc2c(C#N)c(C(F)F)nn2c1N1CC(O)C1. The highest BCUT2D eigenvalue weighted by Crippen LogP contribution is 2.35. The van der Waals surface area contributed by atoms with Crippen LogP contribution in [0.4, 0.5) is 19.0 Å². The molecular weight excluding hydrogens is 445 g/mol.